The molecule has 18 heavy (non-hydrogen) atoms. The third-order valence-electron chi connectivity index (χ3n) is 2.09. The van der Waals surface area contributed by atoms with Gasteiger partial charge in [-0.1, -0.05) is 0 Å². The molecule has 1 atom stereocenters. The predicted molar refractivity (Wildman–Crippen MR) is 66.6 cm³/mol. The van der Waals surface area contributed by atoms with Crippen LogP contribution in [0.15, 0.2) is 23.1 Å². The Labute approximate surface area is 109 Å². The van der Waals surface area contributed by atoms with Gasteiger partial charge in [0.2, 0.25) is 5.91 Å². The van der Waals surface area contributed by atoms with Crippen molar-refractivity contribution in [3.05, 3.63) is 29.8 Å². The van der Waals surface area contributed by atoms with Gasteiger partial charge in [-0.05, 0) is 25.1 Å². The first-order valence-electron chi connectivity index (χ1n) is 5.39. The van der Waals surface area contributed by atoms with Crippen molar-refractivity contribution in [2.45, 2.75) is 17.9 Å². The van der Waals surface area contributed by atoms with Gasteiger partial charge in [0.25, 0.3) is 0 Å². The Morgan fingerprint density at radius 2 is 2.17 bits per heavy atom. The third kappa shape index (κ3) is 5.01. The van der Waals surface area contributed by atoms with Crippen LogP contribution < -0.4 is 5.32 Å². The van der Waals surface area contributed by atoms with E-state index in [2.05, 4.69) is 5.32 Å². The second-order valence-corrected chi connectivity index (χ2v) is 4.84. The Kier molecular flexibility index (Phi) is 6.07. The Morgan fingerprint density at radius 3 is 2.78 bits per heavy atom. The van der Waals surface area contributed by atoms with Crippen molar-refractivity contribution in [2.24, 2.45) is 0 Å². The molecule has 6 heteroatoms. The molecule has 0 heterocycles. The molecule has 1 amide bonds. The maximum absolute atomic E-state index is 12.9. The molecule has 100 valence electrons. The summed E-state index contributed by atoms with van der Waals surface area (Å²) in [6.45, 7) is 2.26. The van der Waals surface area contributed by atoms with E-state index in [1.807, 2.05) is 6.92 Å². The quantitative estimate of drug-likeness (QED) is 0.809. The van der Waals surface area contributed by atoms with Crippen molar-refractivity contribution < 1.29 is 18.3 Å². The number of amides is 1. The summed E-state index contributed by atoms with van der Waals surface area (Å²) in [5.41, 5.74) is 0. The summed E-state index contributed by atoms with van der Waals surface area (Å²) in [6.07, 6.45) is 0. The number of carbonyl (C=O) groups is 1. The summed E-state index contributed by atoms with van der Waals surface area (Å²) < 4.78 is 30.5. The zero-order chi connectivity index (χ0) is 13.5. The van der Waals surface area contributed by atoms with Crippen LogP contribution in [0.2, 0.25) is 0 Å². The van der Waals surface area contributed by atoms with Crippen LogP contribution in [0.5, 0.6) is 0 Å². The average molecular weight is 275 g/mol. The first kappa shape index (κ1) is 14.9. The maximum atomic E-state index is 12.9. The van der Waals surface area contributed by atoms with Crippen molar-refractivity contribution in [1.29, 1.82) is 0 Å². The molecule has 0 aliphatic heterocycles. The molecule has 0 bridgehead atoms. The highest BCUT2D eigenvalue weighted by Crippen LogP contribution is 2.20. The fourth-order valence-electron chi connectivity index (χ4n) is 1.32. The summed E-state index contributed by atoms with van der Waals surface area (Å²) in [4.78, 5) is 12.0. The van der Waals surface area contributed by atoms with E-state index in [9.17, 15) is 13.6 Å². The van der Waals surface area contributed by atoms with Crippen LogP contribution in [0.25, 0.3) is 0 Å². The molecule has 0 unspecified atom stereocenters. The largest absolute Gasteiger partial charge is 0.383 e. The molecule has 0 fully saturated rings. The van der Waals surface area contributed by atoms with Gasteiger partial charge in [-0.2, -0.15) is 0 Å². The number of methoxy groups -OCH3 is 1. The second kappa shape index (κ2) is 7.33. The van der Waals surface area contributed by atoms with E-state index < -0.39 is 11.6 Å². The highest BCUT2D eigenvalue weighted by atomic mass is 32.2. The molecule has 1 aromatic carbocycles. The van der Waals surface area contributed by atoms with Gasteiger partial charge in [-0.3, -0.25) is 4.79 Å². The van der Waals surface area contributed by atoms with E-state index in [0.717, 1.165) is 23.9 Å². The molecule has 0 saturated carbocycles. The first-order chi connectivity index (χ1) is 8.52. The molecule has 3 nitrogen and oxygen atoms in total. The lowest BCUT2D eigenvalue weighted by Gasteiger charge is -2.12. The summed E-state index contributed by atoms with van der Waals surface area (Å²) in [6, 6.07) is 3.48. The van der Waals surface area contributed by atoms with Crippen molar-refractivity contribution in [3.63, 3.8) is 0 Å². The Bertz CT molecular complexity index is 415. The minimum Gasteiger partial charge on any atom is -0.383 e. The van der Waals surface area contributed by atoms with Crippen LogP contribution in [0.3, 0.4) is 0 Å². The van der Waals surface area contributed by atoms with Crippen molar-refractivity contribution in [1.82, 2.24) is 5.32 Å². The molecule has 0 aliphatic rings. The van der Waals surface area contributed by atoms with Gasteiger partial charge in [-0.25, -0.2) is 8.78 Å². The van der Waals surface area contributed by atoms with E-state index in [1.54, 1.807) is 7.11 Å². The summed E-state index contributed by atoms with van der Waals surface area (Å²) in [5, 5.41) is 2.72. The van der Waals surface area contributed by atoms with Crippen LogP contribution in [0, 0.1) is 11.6 Å². The van der Waals surface area contributed by atoms with E-state index in [4.69, 9.17) is 4.74 Å². The highest BCUT2D eigenvalue weighted by molar-refractivity contribution is 8.00. The van der Waals surface area contributed by atoms with Crippen molar-refractivity contribution >= 4 is 17.7 Å². The number of hydrogen-bond donors (Lipinski definition) is 1. The summed E-state index contributed by atoms with van der Waals surface area (Å²) in [7, 11) is 1.55. The number of ether oxygens (including phenoxy) is 1. The van der Waals surface area contributed by atoms with E-state index in [1.165, 1.54) is 6.07 Å². The monoisotopic (exact) mass is 275 g/mol. The average Bonchev–Trinajstić information content (AvgIpc) is 2.31. The molecular formula is C12H15F2NO2S. The molecular weight excluding hydrogens is 260 g/mol. The number of halogens is 2. The number of rotatable bonds is 6. The Morgan fingerprint density at radius 1 is 1.44 bits per heavy atom. The van der Waals surface area contributed by atoms with E-state index >= 15 is 0 Å². The SMILES string of the molecule is COC[C@H](C)NC(=O)CSc1ccc(F)c(F)c1. The fraction of sp³-hybridized carbons (Fsp3) is 0.417. The maximum Gasteiger partial charge on any atom is 0.230 e. The van der Waals surface area contributed by atoms with Crippen LogP contribution in [0.1, 0.15) is 6.92 Å². The zero-order valence-corrected chi connectivity index (χ0v) is 11.0. The van der Waals surface area contributed by atoms with E-state index in [0.29, 0.717) is 11.5 Å². The lowest BCUT2D eigenvalue weighted by Crippen LogP contribution is -2.36. The number of nitrogens with one attached hydrogen (secondary N) is 1. The second-order valence-electron chi connectivity index (χ2n) is 3.79. The van der Waals surface area contributed by atoms with Gasteiger partial charge in [0, 0.05) is 18.0 Å². The lowest BCUT2D eigenvalue weighted by atomic mass is 10.3. The molecule has 1 rings (SSSR count). The van der Waals surface area contributed by atoms with Crippen LogP contribution >= 0.6 is 11.8 Å². The van der Waals surface area contributed by atoms with Crippen molar-refractivity contribution in [2.75, 3.05) is 19.5 Å². The normalized spacial score (nSPS) is 12.2. The van der Waals surface area contributed by atoms with Crippen LogP contribution in [-0.4, -0.2) is 31.4 Å². The lowest BCUT2D eigenvalue weighted by molar-refractivity contribution is -0.119. The molecule has 1 aromatic rings. The summed E-state index contributed by atoms with van der Waals surface area (Å²) in [5.74, 6) is -1.82. The minimum atomic E-state index is -0.909. The molecule has 0 saturated heterocycles. The smallest absolute Gasteiger partial charge is 0.230 e. The Balaban J connectivity index is 2.40. The molecule has 0 aromatic heterocycles. The number of benzene rings is 1. The zero-order valence-electron chi connectivity index (χ0n) is 10.2. The number of hydrogen-bond acceptors (Lipinski definition) is 3. The minimum absolute atomic E-state index is 0.0759. The summed E-state index contributed by atoms with van der Waals surface area (Å²) >= 11 is 1.15. The van der Waals surface area contributed by atoms with Gasteiger partial charge in [0.15, 0.2) is 11.6 Å². The van der Waals surface area contributed by atoms with Crippen molar-refractivity contribution in [3.8, 4) is 0 Å². The molecule has 0 radical (unpaired) electrons. The van der Waals surface area contributed by atoms with Gasteiger partial charge >= 0.3 is 0 Å². The van der Waals surface area contributed by atoms with E-state index in [-0.39, 0.29) is 17.7 Å². The molecule has 0 aliphatic carbocycles. The highest BCUT2D eigenvalue weighted by Gasteiger charge is 2.08. The molecule has 1 N–H and O–H groups in total. The number of carbonyl (C=O) groups excluding carboxylic acids is 1. The predicted octanol–water partition coefficient (Wildman–Crippen LogP) is 2.21. The standard InChI is InChI=1S/C12H15F2NO2S/c1-8(6-17-2)15-12(16)7-18-9-3-4-10(13)11(14)5-9/h3-5,8H,6-7H2,1-2H3,(H,15,16)/t8-/m0/s1. The number of thioether (sulfide) groups is 1. The Hall–Kier alpha value is -1.14. The topological polar surface area (TPSA) is 38.3 Å². The van der Waals surface area contributed by atoms with Gasteiger partial charge in [0.05, 0.1) is 12.4 Å². The van der Waals surface area contributed by atoms with Crippen LogP contribution in [-0.2, 0) is 9.53 Å². The first-order valence-corrected chi connectivity index (χ1v) is 6.37. The molecule has 0 spiro atoms. The fourth-order valence-corrected chi connectivity index (χ4v) is 2.06. The van der Waals surface area contributed by atoms with Gasteiger partial charge in [-0.15, -0.1) is 11.8 Å². The van der Waals surface area contributed by atoms with Crippen LogP contribution in [0.4, 0.5) is 8.78 Å². The third-order valence-corrected chi connectivity index (χ3v) is 3.08. The van der Waals surface area contributed by atoms with Gasteiger partial charge < -0.3 is 10.1 Å². The van der Waals surface area contributed by atoms with Gasteiger partial charge in [0.1, 0.15) is 0 Å².